The smallest absolute Gasteiger partial charge is 0.322 e. The van der Waals surface area contributed by atoms with E-state index in [-0.39, 0.29) is 18.4 Å². The summed E-state index contributed by atoms with van der Waals surface area (Å²) in [6.07, 6.45) is 0. The predicted octanol–water partition coefficient (Wildman–Crippen LogP) is 4.24. The molecule has 0 unspecified atom stereocenters. The van der Waals surface area contributed by atoms with E-state index in [9.17, 15) is 9.18 Å². The quantitative estimate of drug-likeness (QED) is 0.744. The number of hydrogen-bond donors (Lipinski definition) is 1. The molecule has 2 aromatic carbocycles. The molecule has 0 fully saturated rings. The molecule has 26 heavy (non-hydrogen) atoms. The first-order valence-corrected chi connectivity index (χ1v) is 8.26. The van der Waals surface area contributed by atoms with Crippen LogP contribution in [0.1, 0.15) is 18.4 Å². The third kappa shape index (κ3) is 4.24. The summed E-state index contributed by atoms with van der Waals surface area (Å²) in [5.41, 5.74) is 2.51. The third-order valence-corrected chi connectivity index (χ3v) is 3.87. The second-order valence-electron chi connectivity index (χ2n) is 5.83. The van der Waals surface area contributed by atoms with Gasteiger partial charge >= 0.3 is 6.03 Å². The lowest BCUT2D eigenvalue weighted by molar-refractivity contribution is 0.203. The highest BCUT2D eigenvalue weighted by molar-refractivity contribution is 5.89. The maximum atomic E-state index is 12.9. The van der Waals surface area contributed by atoms with Gasteiger partial charge in [0, 0.05) is 17.8 Å². The number of hydrogen-bond acceptors (Lipinski definition) is 4. The van der Waals surface area contributed by atoms with Crippen LogP contribution in [0.2, 0.25) is 0 Å². The molecule has 1 heterocycles. The summed E-state index contributed by atoms with van der Waals surface area (Å²) < 4.78 is 18.2. The highest BCUT2D eigenvalue weighted by atomic mass is 19.1. The molecule has 0 saturated carbocycles. The molecule has 2 amide bonds. The van der Waals surface area contributed by atoms with Crippen molar-refractivity contribution in [3.63, 3.8) is 0 Å². The Morgan fingerprint density at radius 3 is 2.50 bits per heavy atom. The van der Waals surface area contributed by atoms with Crippen LogP contribution < -0.4 is 5.32 Å². The fourth-order valence-electron chi connectivity index (χ4n) is 2.37. The number of rotatable bonds is 5. The van der Waals surface area contributed by atoms with Crippen LogP contribution in [0.25, 0.3) is 11.4 Å². The highest BCUT2D eigenvalue weighted by Crippen LogP contribution is 2.17. The summed E-state index contributed by atoms with van der Waals surface area (Å²) in [5, 5.41) is 6.69. The summed E-state index contributed by atoms with van der Waals surface area (Å²) in [4.78, 5) is 18.3. The second kappa shape index (κ2) is 7.77. The van der Waals surface area contributed by atoms with Gasteiger partial charge in [-0.1, -0.05) is 35.0 Å². The van der Waals surface area contributed by atoms with Crippen molar-refractivity contribution >= 4 is 11.7 Å². The molecule has 6 nitrogen and oxygen atoms in total. The first kappa shape index (κ1) is 17.6. The van der Waals surface area contributed by atoms with Crippen LogP contribution >= 0.6 is 0 Å². The van der Waals surface area contributed by atoms with Gasteiger partial charge in [0.25, 0.3) is 0 Å². The van der Waals surface area contributed by atoms with Crippen molar-refractivity contribution in [1.82, 2.24) is 15.0 Å². The molecule has 0 atom stereocenters. The standard InChI is InChI=1S/C19H19FN4O2/c1-3-24(19(25)21-16-10-8-15(20)9-11-16)12-17-22-18(23-26-17)14-6-4-13(2)5-7-14/h4-11H,3,12H2,1-2H3,(H,21,25). The summed E-state index contributed by atoms with van der Waals surface area (Å²) in [6.45, 7) is 4.49. The molecule has 0 aliphatic rings. The lowest BCUT2D eigenvalue weighted by Crippen LogP contribution is -2.34. The molecule has 3 rings (SSSR count). The Bertz CT molecular complexity index is 875. The van der Waals surface area contributed by atoms with Crippen LogP contribution in [0, 0.1) is 12.7 Å². The van der Waals surface area contributed by atoms with E-state index in [1.165, 1.54) is 29.2 Å². The minimum atomic E-state index is -0.357. The number of nitrogens with zero attached hydrogens (tertiary/aromatic N) is 3. The number of amides is 2. The van der Waals surface area contributed by atoms with E-state index in [0.29, 0.717) is 23.9 Å². The molecule has 0 saturated heterocycles. The van der Waals surface area contributed by atoms with Crippen LogP contribution in [-0.4, -0.2) is 27.6 Å². The van der Waals surface area contributed by atoms with Gasteiger partial charge in [0.1, 0.15) is 12.4 Å². The molecule has 0 aliphatic carbocycles. The number of benzene rings is 2. The molecule has 1 aromatic heterocycles. The zero-order valence-corrected chi connectivity index (χ0v) is 14.6. The normalized spacial score (nSPS) is 10.6. The lowest BCUT2D eigenvalue weighted by atomic mass is 10.1. The number of aryl methyl sites for hydroxylation is 1. The SMILES string of the molecule is CCN(Cc1nc(-c2ccc(C)cc2)no1)C(=O)Nc1ccc(F)cc1. The fourth-order valence-corrected chi connectivity index (χ4v) is 2.37. The second-order valence-corrected chi connectivity index (χ2v) is 5.83. The van der Waals surface area contributed by atoms with Crippen molar-refractivity contribution in [1.29, 1.82) is 0 Å². The van der Waals surface area contributed by atoms with Crippen LogP contribution in [0.3, 0.4) is 0 Å². The maximum absolute atomic E-state index is 12.9. The maximum Gasteiger partial charge on any atom is 0.322 e. The molecule has 0 bridgehead atoms. The number of anilines is 1. The van der Waals surface area contributed by atoms with Crippen LogP contribution in [0.4, 0.5) is 14.9 Å². The molecule has 3 aromatic rings. The number of halogens is 1. The first-order chi connectivity index (χ1) is 12.5. The van der Waals surface area contributed by atoms with E-state index in [2.05, 4.69) is 15.5 Å². The van der Waals surface area contributed by atoms with E-state index in [1.54, 1.807) is 0 Å². The number of nitrogens with one attached hydrogen (secondary N) is 1. The summed E-state index contributed by atoms with van der Waals surface area (Å²) in [6, 6.07) is 13.0. The Hall–Kier alpha value is -3.22. The Kier molecular flexibility index (Phi) is 5.26. The zero-order chi connectivity index (χ0) is 18.5. The van der Waals surface area contributed by atoms with Gasteiger partial charge in [0.2, 0.25) is 11.7 Å². The molecular formula is C19H19FN4O2. The van der Waals surface area contributed by atoms with E-state index >= 15 is 0 Å². The number of carbonyl (C=O) groups is 1. The molecular weight excluding hydrogens is 335 g/mol. The lowest BCUT2D eigenvalue weighted by Gasteiger charge is -2.19. The molecule has 0 aliphatic heterocycles. The van der Waals surface area contributed by atoms with E-state index in [4.69, 9.17) is 4.52 Å². The number of aromatic nitrogens is 2. The van der Waals surface area contributed by atoms with Crippen molar-refractivity contribution < 1.29 is 13.7 Å². The fraction of sp³-hybridized carbons (Fsp3) is 0.211. The Balaban J connectivity index is 1.67. The number of urea groups is 1. The Labute approximate surface area is 150 Å². The van der Waals surface area contributed by atoms with Gasteiger partial charge in [0.05, 0.1) is 0 Å². The van der Waals surface area contributed by atoms with Gasteiger partial charge in [-0.25, -0.2) is 9.18 Å². The third-order valence-electron chi connectivity index (χ3n) is 3.87. The predicted molar refractivity (Wildman–Crippen MR) is 96.0 cm³/mol. The van der Waals surface area contributed by atoms with Gasteiger partial charge in [-0.15, -0.1) is 0 Å². The van der Waals surface area contributed by atoms with Crippen LogP contribution in [0.5, 0.6) is 0 Å². The summed E-state index contributed by atoms with van der Waals surface area (Å²) in [7, 11) is 0. The first-order valence-electron chi connectivity index (χ1n) is 8.26. The van der Waals surface area contributed by atoms with E-state index in [0.717, 1.165) is 11.1 Å². The molecule has 1 N–H and O–H groups in total. The Morgan fingerprint density at radius 2 is 1.85 bits per heavy atom. The van der Waals surface area contributed by atoms with Gasteiger partial charge < -0.3 is 14.7 Å². The van der Waals surface area contributed by atoms with E-state index in [1.807, 2.05) is 38.1 Å². The topological polar surface area (TPSA) is 71.3 Å². The van der Waals surface area contributed by atoms with Gasteiger partial charge in [-0.2, -0.15) is 4.98 Å². The summed E-state index contributed by atoms with van der Waals surface area (Å²) >= 11 is 0. The molecule has 0 spiro atoms. The monoisotopic (exact) mass is 354 g/mol. The minimum absolute atomic E-state index is 0.183. The van der Waals surface area contributed by atoms with Crippen molar-refractivity contribution in [2.45, 2.75) is 20.4 Å². The zero-order valence-electron chi connectivity index (χ0n) is 14.6. The van der Waals surface area contributed by atoms with Gasteiger partial charge in [-0.05, 0) is 38.1 Å². The van der Waals surface area contributed by atoms with Crippen molar-refractivity contribution in [2.24, 2.45) is 0 Å². The molecule has 0 radical (unpaired) electrons. The van der Waals surface area contributed by atoms with Crippen molar-refractivity contribution in [3.05, 3.63) is 65.8 Å². The van der Waals surface area contributed by atoms with Crippen molar-refractivity contribution in [3.8, 4) is 11.4 Å². The largest absolute Gasteiger partial charge is 0.337 e. The Morgan fingerprint density at radius 1 is 1.15 bits per heavy atom. The minimum Gasteiger partial charge on any atom is -0.337 e. The van der Waals surface area contributed by atoms with Crippen LogP contribution in [0.15, 0.2) is 53.1 Å². The van der Waals surface area contributed by atoms with Crippen molar-refractivity contribution in [2.75, 3.05) is 11.9 Å². The number of carbonyl (C=O) groups excluding carboxylic acids is 1. The van der Waals surface area contributed by atoms with Gasteiger partial charge in [-0.3, -0.25) is 0 Å². The van der Waals surface area contributed by atoms with E-state index < -0.39 is 0 Å². The van der Waals surface area contributed by atoms with Crippen LogP contribution in [-0.2, 0) is 6.54 Å². The summed E-state index contributed by atoms with van der Waals surface area (Å²) in [5.74, 6) is 0.469. The average molecular weight is 354 g/mol. The molecule has 7 heteroatoms. The highest BCUT2D eigenvalue weighted by Gasteiger charge is 2.17. The molecule has 134 valence electrons. The average Bonchev–Trinajstić information content (AvgIpc) is 3.11. The van der Waals surface area contributed by atoms with Gasteiger partial charge in [0.15, 0.2) is 0 Å².